The van der Waals surface area contributed by atoms with Crippen LogP contribution in [-0.4, -0.2) is 40.4 Å². The van der Waals surface area contributed by atoms with Crippen LogP contribution in [-0.2, 0) is 0 Å². The van der Waals surface area contributed by atoms with Gasteiger partial charge in [0.2, 0.25) is 6.19 Å². The van der Waals surface area contributed by atoms with Gasteiger partial charge in [-0.05, 0) is 6.26 Å². The Bertz CT molecular complexity index is 234. The molecule has 0 radical (unpaired) electrons. The maximum Gasteiger partial charge on any atom is 0.208 e. The highest BCUT2D eigenvalue weighted by atomic mass is 32.2. The third-order valence-corrected chi connectivity index (χ3v) is 3.69. The van der Waals surface area contributed by atoms with Crippen LogP contribution in [0.5, 0.6) is 0 Å². The first kappa shape index (κ1) is 10.7. The average molecular weight is 215 g/mol. The van der Waals surface area contributed by atoms with Gasteiger partial charge in [0.1, 0.15) is 0 Å². The summed E-state index contributed by atoms with van der Waals surface area (Å²) in [5.41, 5.74) is 0. The first-order valence-corrected chi connectivity index (χ1v) is 6.42. The number of hydrogen-bond acceptors (Lipinski definition) is 4. The van der Waals surface area contributed by atoms with E-state index in [0.717, 1.165) is 24.0 Å². The summed E-state index contributed by atoms with van der Waals surface area (Å²) >= 11 is 3.53. The Labute approximate surface area is 87.6 Å². The Morgan fingerprint density at radius 1 is 1.77 bits per heavy atom. The molecule has 1 rings (SSSR count). The molecule has 1 saturated heterocycles. The predicted molar refractivity (Wildman–Crippen MR) is 60.1 cm³/mol. The molecule has 13 heavy (non-hydrogen) atoms. The smallest absolute Gasteiger partial charge is 0.208 e. The fourth-order valence-electron chi connectivity index (χ4n) is 1.28. The van der Waals surface area contributed by atoms with E-state index < -0.39 is 0 Å². The van der Waals surface area contributed by atoms with Crippen molar-refractivity contribution in [2.24, 2.45) is 4.99 Å². The lowest BCUT2D eigenvalue weighted by molar-refractivity contribution is 0.444. The lowest BCUT2D eigenvalue weighted by Crippen LogP contribution is -2.39. The van der Waals surface area contributed by atoms with Crippen LogP contribution in [0.4, 0.5) is 0 Å². The molecule has 0 aromatic carbocycles. The van der Waals surface area contributed by atoms with Gasteiger partial charge in [-0.1, -0.05) is 18.7 Å². The summed E-state index contributed by atoms with van der Waals surface area (Å²) in [6, 6.07) is 0. The summed E-state index contributed by atoms with van der Waals surface area (Å²) < 4.78 is 0. The summed E-state index contributed by atoms with van der Waals surface area (Å²) in [6.45, 7) is 4.23. The van der Waals surface area contributed by atoms with Crippen LogP contribution in [0.2, 0.25) is 0 Å². The van der Waals surface area contributed by atoms with Crippen molar-refractivity contribution in [2.45, 2.75) is 12.2 Å². The zero-order valence-corrected chi connectivity index (χ0v) is 9.49. The highest BCUT2D eigenvalue weighted by molar-refractivity contribution is 8.13. The molecule has 1 aliphatic rings. The van der Waals surface area contributed by atoms with Crippen molar-refractivity contribution in [1.29, 1.82) is 5.26 Å². The Morgan fingerprint density at radius 3 is 3.08 bits per heavy atom. The number of thioether (sulfide) groups is 2. The molecule has 1 atom stereocenters. The van der Waals surface area contributed by atoms with Gasteiger partial charge in [-0.3, -0.25) is 0 Å². The Balaban J connectivity index is 2.59. The fourth-order valence-corrected chi connectivity index (χ4v) is 2.85. The van der Waals surface area contributed by atoms with E-state index in [9.17, 15) is 0 Å². The van der Waals surface area contributed by atoms with Crippen LogP contribution in [0.15, 0.2) is 4.99 Å². The van der Waals surface area contributed by atoms with E-state index in [2.05, 4.69) is 16.8 Å². The van der Waals surface area contributed by atoms with E-state index in [1.807, 2.05) is 24.2 Å². The van der Waals surface area contributed by atoms with E-state index in [1.54, 1.807) is 11.8 Å². The van der Waals surface area contributed by atoms with Crippen molar-refractivity contribution >= 4 is 28.7 Å². The van der Waals surface area contributed by atoms with Gasteiger partial charge in [-0.15, -0.1) is 4.99 Å². The number of nitriles is 1. The molecule has 1 unspecified atom stereocenters. The third-order valence-electron chi connectivity index (χ3n) is 1.84. The minimum atomic E-state index is 0.643. The molecule has 1 aliphatic heterocycles. The van der Waals surface area contributed by atoms with E-state index in [4.69, 9.17) is 5.26 Å². The van der Waals surface area contributed by atoms with Crippen molar-refractivity contribution in [3.63, 3.8) is 0 Å². The average Bonchev–Trinajstić information content (AvgIpc) is 2.14. The van der Waals surface area contributed by atoms with Gasteiger partial charge in [0.05, 0.1) is 0 Å². The lowest BCUT2D eigenvalue weighted by atomic mass is 10.4. The second-order valence-corrected chi connectivity index (χ2v) is 5.15. The van der Waals surface area contributed by atoms with Crippen molar-refractivity contribution in [1.82, 2.24) is 4.90 Å². The topological polar surface area (TPSA) is 39.4 Å². The lowest BCUT2D eigenvalue weighted by Gasteiger charge is -2.31. The van der Waals surface area contributed by atoms with Gasteiger partial charge in [0.15, 0.2) is 5.17 Å². The summed E-state index contributed by atoms with van der Waals surface area (Å²) in [5.74, 6) is 1.13. The second-order valence-electron chi connectivity index (χ2n) is 2.83. The largest absolute Gasteiger partial charge is 0.349 e. The third kappa shape index (κ3) is 3.12. The minimum Gasteiger partial charge on any atom is -0.349 e. The Hall–Kier alpha value is -0.340. The van der Waals surface area contributed by atoms with Crippen LogP contribution >= 0.6 is 23.5 Å². The molecule has 0 amide bonds. The van der Waals surface area contributed by atoms with Crippen molar-refractivity contribution < 1.29 is 0 Å². The maximum atomic E-state index is 8.48. The normalized spacial score (nSPS) is 24.2. The number of aliphatic imine (C=N–C) groups is 1. The molecule has 0 aliphatic carbocycles. The molecule has 5 heteroatoms. The van der Waals surface area contributed by atoms with E-state index in [0.29, 0.717) is 5.25 Å². The van der Waals surface area contributed by atoms with E-state index in [-0.39, 0.29) is 0 Å². The number of hydrogen-bond donors (Lipinski definition) is 0. The minimum absolute atomic E-state index is 0.643. The predicted octanol–water partition coefficient (Wildman–Crippen LogP) is 1.62. The molecule has 0 aromatic heterocycles. The van der Waals surface area contributed by atoms with Crippen LogP contribution in [0.25, 0.3) is 0 Å². The zero-order valence-electron chi connectivity index (χ0n) is 7.86. The molecule has 0 N–H and O–H groups in total. The summed E-state index contributed by atoms with van der Waals surface area (Å²) in [7, 11) is 0. The number of amidine groups is 1. The molecule has 0 bridgehead atoms. The fraction of sp³-hybridized carbons (Fsp3) is 0.750. The van der Waals surface area contributed by atoms with Crippen LogP contribution in [0.3, 0.4) is 0 Å². The van der Waals surface area contributed by atoms with Crippen LogP contribution in [0, 0.1) is 11.5 Å². The van der Waals surface area contributed by atoms with Crippen molar-refractivity contribution in [3.05, 3.63) is 0 Å². The highest BCUT2D eigenvalue weighted by Gasteiger charge is 2.19. The molecule has 72 valence electrons. The first-order valence-electron chi connectivity index (χ1n) is 4.15. The molecular weight excluding hydrogens is 202 g/mol. The zero-order chi connectivity index (χ0) is 9.68. The van der Waals surface area contributed by atoms with Gasteiger partial charge >= 0.3 is 0 Å². The van der Waals surface area contributed by atoms with Crippen molar-refractivity contribution in [2.75, 3.05) is 25.1 Å². The Morgan fingerprint density at radius 2 is 2.54 bits per heavy atom. The molecule has 0 saturated carbocycles. The maximum absolute atomic E-state index is 8.48. The monoisotopic (exact) mass is 215 g/mol. The number of rotatable bonds is 0. The van der Waals surface area contributed by atoms with E-state index in [1.165, 1.54) is 0 Å². The molecule has 1 fully saturated rings. The highest BCUT2D eigenvalue weighted by Crippen LogP contribution is 2.20. The molecule has 1 heterocycles. The SMILES string of the molecule is CSC(=NC#N)N1CCSC(C)C1. The van der Waals surface area contributed by atoms with Crippen LogP contribution in [0.1, 0.15) is 6.92 Å². The molecular formula is C8H13N3S2. The second kappa shape index (κ2) is 5.40. The quantitative estimate of drug-likeness (QED) is 0.350. The van der Waals surface area contributed by atoms with Gasteiger partial charge in [-0.25, -0.2) is 0 Å². The molecule has 0 aromatic rings. The van der Waals surface area contributed by atoms with Gasteiger partial charge in [0.25, 0.3) is 0 Å². The van der Waals surface area contributed by atoms with Gasteiger partial charge in [0, 0.05) is 24.1 Å². The summed E-state index contributed by atoms with van der Waals surface area (Å²) in [5, 5.41) is 9.98. The van der Waals surface area contributed by atoms with Crippen molar-refractivity contribution in [3.8, 4) is 6.19 Å². The number of nitrogens with zero attached hydrogens (tertiary/aromatic N) is 3. The van der Waals surface area contributed by atoms with Gasteiger partial charge in [-0.2, -0.15) is 17.0 Å². The van der Waals surface area contributed by atoms with Gasteiger partial charge < -0.3 is 4.90 Å². The first-order chi connectivity index (χ1) is 6.27. The molecule has 3 nitrogen and oxygen atoms in total. The van der Waals surface area contributed by atoms with E-state index >= 15 is 0 Å². The standard InChI is InChI=1S/C8H13N3S2/c1-7-5-11(3-4-13-7)8(12-2)10-6-9/h7H,3-5H2,1-2H3. The van der Waals surface area contributed by atoms with Crippen LogP contribution < -0.4 is 0 Å². The molecule has 0 spiro atoms. The summed E-state index contributed by atoms with van der Waals surface area (Å²) in [6.07, 6.45) is 3.81. The summed E-state index contributed by atoms with van der Waals surface area (Å²) in [4.78, 5) is 5.99. The Kier molecular flexibility index (Phi) is 4.46.